The summed E-state index contributed by atoms with van der Waals surface area (Å²) in [6.45, 7) is 8.20. The SMILES string of the molecule is Cc1ccc(C(=O)C2=C(O)C(=O)N(Cc3ccco3)C2c2ccc(C(C)(C)C)cc2)o1. The Morgan fingerprint density at radius 3 is 2.35 bits per heavy atom. The van der Waals surface area contributed by atoms with Gasteiger partial charge in [-0.1, -0.05) is 45.0 Å². The Balaban J connectivity index is 1.79. The smallest absolute Gasteiger partial charge is 0.290 e. The third kappa shape index (κ3) is 3.81. The quantitative estimate of drug-likeness (QED) is 0.571. The van der Waals surface area contributed by atoms with Crippen molar-refractivity contribution in [3.05, 3.63) is 94.5 Å². The second-order valence-electron chi connectivity index (χ2n) is 8.79. The van der Waals surface area contributed by atoms with Gasteiger partial charge in [-0.3, -0.25) is 9.59 Å². The zero-order valence-corrected chi connectivity index (χ0v) is 18.0. The molecule has 31 heavy (non-hydrogen) atoms. The molecule has 0 spiro atoms. The Morgan fingerprint density at radius 1 is 1.10 bits per heavy atom. The van der Waals surface area contributed by atoms with E-state index in [2.05, 4.69) is 20.8 Å². The first-order chi connectivity index (χ1) is 14.7. The predicted octanol–water partition coefficient (Wildman–Crippen LogP) is 5.26. The van der Waals surface area contributed by atoms with Gasteiger partial charge in [-0.05, 0) is 47.7 Å². The molecule has 1 aliphatic heterocycles. The van der Waals surface area contributed by atoms with E-state index in [1.165, 1.54) is 11.2 Å². The summed E-state index contributed by atoms with van der Waals surface area (Å²) in [5.41, 5.74) is 1.82. The van der Waals surface area contributed by atoms with Crippen LogP contribution in [0.25, 0.3) is 0 Å². The van der Waals surface area contributed by atoms with Gasteiger partial charge in [-0.15, -0.1) is 0 Å². The molecule has 0 bridgehead atoms. The molecule has 0 radical (unpaired) electrons. The summed E-state index contributed by atoms with van der Waals surface area (Å²) in [5, 5.41) is 10.7. The fourth-order valence-corrected chi connectivity index (χ4v) is 3.82. The summed E-state index contributed by atoms with van der Waals surface area (Å²) in [5.74, 6) is -0.469. The van der Waals surface area contributed by atoms with Crippen LogP contribution in [0.15, 0.2) is 75.0 Å². The lowest BCUT2D eigenvalue weighted by Crippen LogP contribution is -2.30. The number of Topliss-reactive ketones (excluding diaryl/α,β-unsaturated/α-hetero) is 1. The molecule has 2 aromatic heterocycles. The molecule has 4 rings (SSSR count). The van der Waals surface area contributed by atoms with Gasteiger partial charge in [0, 0.05) is 0 Å². The number of hydrogen-bond donors (Lipinski definition) is 1. The van der Waals surface area contributed by atoms with Gasteiger partial charge in [-0.2, -0.15) is 0 Å². The summed E-state index contributed by atoms with van der Waals surface area (Å²) in [4.78, 5) is 27.7. The van der Waals surface area contributed by atoms with E-state index in [0.29, 0.717) is 11.5 Å². The van der Waals surface area contributed by atoms with Crippen molar-refractivity contribution in [1.82, 2.24) is 4.90 Å². The number of aliphatic hydroxyl groups excluding tert-OH is 1. The summed E-state index contributed by atoms with van der Waals surface area (Å²) in [6, 6.07) is 13.7. The Morgan fingerprint density at radius 2 is 1.81 bits per heavy atom. The number of benzene rings is 1. The number of rotatable bonds is 5. The van der Waals surface area contributed by atoms with E-state index in [0.717, 1.165) is 11.1 Å². The molecular formula is C25H25NO5. The second-order valence-corrected chi connectivity index (χ2v) is 8.79. The van der Waals surface area contributed by atoms with E-state index in [9.17, 15) is 14.7 Å². The Kier molecular flexibility index (Phi) is 5.09. The normalized spacial score (nSPS) is 17.0. The minimum Gasteiger partial charge on any atom is -0.503 e. The van der Waals surface area contributed by atoms with Crippen molar-refractivity contribution in [3.63, 3.8) is 0 Å². The maximum atomic E-state index is 13.3. The molecule has 1 unspecified atom stereocenters. The molecule has 3 aromatic rings. The molecule has 1 aromatic carbocycles. The van der Waals surface area contributed by atoms with Crippen LogP contribution in [0.4, 0.5) is 0 Å². The monoisotopic (exact) mass is 419 g/mol. The molecule has 0 saturated heterocycles. The topological polar surface area (TPSA) is 83.9 Å². The first-order valence-corrected chi connectivity index (χ1v) is 10.1. The lowest BCUT2D eigenvalue weighted by molar-refractivity contribution is -0.130. The van der Waals surface area contributed by atoms with Crippen LogP contribution in [-0.2, 0) is 16.8 Å². The zero-order valence-electron chi connectivity index (χ0n) is 18.0. The first-order valence-electron chi connectivity index (χ1n) is 10.1. The molecule has 0 fully saturated rings. The maximum Gasteiger partial charge on any atom is 0.290 e. The number of ketones is 1. The lowest BCUT2D eigenvalue weighted by atomic mass is 9.85. The standard InChI is InChI=1S/C25H25NO5/c1-15-7-12-19(31-15)22(27)20-21(16-8-10-17(11-9-16)25(2,3)4)26(24(29)23(20)28)14-18-6-5-13-30-18/h5-13,21,28H,14H2,1-4H3. The minimum atomic E-state index is -0.760. The molecule has 0 aliphatic carbocycles. The number of furan rings is 2. The van der Waals surface area contributed by atoms with E-state index in [1.54, 1.807) is 31.2 Å². The van der Waals surface area contributed by atoms with Gasteiger partial charge >= 0.3 is 0 Å². The number of aryl methyl sites for hydroxylation is 1. The summed E-state index contributed by atoms with van der Waals surface area (Å²) in [6.07, 6.45) is 1.52. The molecule has 1 N–H and O–H groups in total. The fraction of sp³-hybridized carbons (Fsp3) is 0.280. The number of hydrogen-bond acceptors (Lipinski definition) is 5. The molecule has 160 valence electrons. The van der Waals surface area contributed by atoms with Gasteiger partial charge in [0.15, 0.2) is 11.5 Å². The van der Waals surface area contributed by atoms with Crippen LogP contribution in [-0.4, -0.2) is 21.7 Å². The minimum absolute atomic E-state index is 0.00872. The zero-order chi connectivity index (χ0) is 22.3. The van der Waals surface area contributed by atoms with Gasteiger partial charge in [0.05, 0.1) is 24.4 Å². The third-order valence-electron chi connectivity index (χ3n) is 5.51. The van der Waals surface area contributed by atoms with Crippen molar-refractivity contribution < 1.29 is 23.5 Å². The molecule has 6 nitrogen and oxygen atoms in total. The molecule has 1 amide bonds. The molecular weight excluding hydrogens is 394 g/mol. The van der Waals surface area contributed by atoms with Crippen molar-refractivity contribution in [1.29, 1.82) is 0 Å². The van der Waals surface area contributed by atoms with E-state index >= 15 is 0 Å². The summed E-state index contributed by atoms with van der Waals surface area (Å²) < 4.78 is 10.9. The van der Waals surface area contributed by atoms with Crippen molar-refractivity contribution in [2.75, 3.05) is 0 Å². The summed E-state index contributed by atoms with van der Waals surface area (Å²) >= 11 is 0. The van der Waals surface area contributed by atoms with E-state index < -0.39 is 23.5 Å². The van der Waals surface area contributed by atoms with Crippen LogP contribution in [0.2, 0.25) is 0 Å². The van der Waals surface area contributed by atoms with Crippen molar-refractivity contribution in [2.45, 2.75) is 45.7 Å². The van der Waals surface area contributed by atoms with Crippen LogP contribution < -0.4 is 0 Å². The van der Waals surface area contributed by atoms with E-state index in [1.807, 2.05) is 24.3 Å². The molecule has 6 heteroatoms. The molecule has 1 aliphatic rings. The van der Waals surface area contributed by atoms with Gasteiger partial charge in [0.2, 0.25) is 5.78 Å². The van der Waals surface area contributed by atoms with Crippen molar-refractivity contribution >= 4 is 11.7 Å². The Hall–Kier alpha value is -3.54. The van der Waals surface area contributed by atoms with E-state index in [-0.39, 0.29) is 23.3 Å². The van der Waals surface area contributed by atoms with Crippen LogP contribution in [0, 0.1) is 6.92 Å². The van der Waals surface area contributed by atoms with Crippen molar-refractivity contribution in [2.24, 2.45) is 0 Å². The van der Waals surface area contributed by atoms with Crippen LogP contribution in [0.1, 0.15) is 60.0 Å². The third-order valence-corrected chi connectivity index (χ3v) is 5.51. The molecule has 3 heterocycles. The average Bonchev–Trinajstić information content (AvgIpc) is 3.44. The van der Waals surface area contributed by atoms with Crippen molar-refractivity contribution in [3.8, 4) is 0 Å². The maximum absolute atomic E-state index is 13.3. The van der Waals surface area contributed by atoms with Gasteiger partial charge in [0.1, 0.15) is 11.5 Å². The molecule has 0 saturated carbocycles. The highest BCUT2D eigenvalue weighted by Gasteiger charge is 2.44. The van der Waals surface area contributed by atoms with Crippen LogP contribution in [0.5, 0.6) is 0 Å². The lowest BCUT2D eigenvalue weighted by Gasteiger charge is -2.27. The second kappa shape index (κ2) is 7.61. The molecule has 1 atom stereocenters. The number of nitrogens with zero attached hydrogens (tertiary/aromatic N) is 1. The highest BCUT2D eigenvalue weighted by molar-refractivity contribution is 6.15. The van der Waals surface area contributed by atoms with Gasteiger partial charge in [-0.25, -0.2) is 0 Å². The highest BCUT2D eigenvalue weighted by Crippen LogP contribution is 2.40. The largest absolute Gasteiger partial charge is 0.503 e. The van der Waals surface area contributed by atoms with Crippen LogP contribution >= 0.6 is 0 Å². The fourth-order valence-electron chi connectivity index (χ4n) is 3.82. The average molecular weight is 419 g/mol. The Bertz CT molecular complexity index is 1140. The highest BCUT2D eigenvalue weighted by atomic mass is 16.3. The van der Waals surface area contributed by atoms with E-state index in [4.69, 9.17) is 8.83 Å². The van der Waals surface area contributed by atoms with Crippen LogP contribution in [0.3, 0.4) is 0 Å². The Labute approximate surface area is 180 Å². The van der Waals surface area contributed by atoms with Gasteiger partial charge < -0.3 is 18.8 Å². The number of amides is 1. The predicted molar refractivity (Wildman–Crippen MR) is 115 cm³/mol. The number of carbonyl (C=O) groups excluding carboxylic acids is 2. The van der Waals surface area contributed by atoms with Gasteiger partial charge in [0.25, 0.3) is 5.91 Å². The number of carbonyl (C=O) groups is 2. The first kappa shape index (κ1) is 20.7. The number of aliphatic hydroxyl groups is 1. The summed E-state index contributed by atoms with van der Waals surface area (Å²) in [7, 11) is 0.